The molecule has 0 saturated carbocycles. The molecule has 0 aromatic carbocycles. The normalized spacial score (nSPS) is 21.0. The second-order valence-electron chi connectivity index (χ2n) is 5.98. The zero-order valence-electron chi connectivity index (χ0n) is 14.6. The lowest BCUT2D eigenvalue weighted by Gasteiger charge is -2.40. The Kier molecular flexibility index (Phi) is 6.50. The first-order chi connectivity index (χ1) is 11.8. The molecule has 0 saturated heterocycles. The van der Waals surface area contributed by atoms with E-state index in [1.807, 2.05) is 0 Å². The average Bonchev–Trinajstić information content (AvgIpc) is 2.51. The standard InChI is InChI=1S/C15H20F3NO6S/c1-10(2)5-7-14(13(21)24-4)9-19(11(3)20)8-6-12(14)25-26(22,23)15(16,17)18/h6H,1,5,7-9H2,2-4H3. The number of ether oxygens (including phenoxy) is 1. The van der Waals surface area contributed by atoms with E-state index in [-0.39, 0.29) is 25.9 Å². The number of hydrogen-bond acceptors (Lipinski definition) is 6. The molecule has 0 fully saturated rings. The summed E-state index contributed by atoms with van der Waals surface area (Å²) in [6, 6.07) is 0. The van der Waals surface area contributed by atoms with Crippen molar-refractivity contribution in [1.29, 1.82) is 0 Å². The van der Waals surface area contributed by atoms with Gasteiger partial charge in [-0.05, 0) is 25.8 Å². The molecule has 11 heteroatoms. The summed E-state index contributed by atoms with van der Waals surface area (Å²) in [7, 11) is -4.98. The van der Waals surface area contributed by atoms with Gasteiger partial charge in [-0.3, -0.25) is 9.59 Å². The summed E-state index contributed by atoms with van der Waals surface area (Å²) < 4.78 is 70.0. The maximum absolute atomic E-state index is 12.7. The van der Waals surface area contributed by atoms with Crippen molar-refractivity contribution < 1.29 is 40.1 Å². The molecule has 0 aromatic heterocycles. The van der Waals surface area contributed by atoms with E-state index in [0.29, 0.717) is 5.57 Å². The summed E-state index contributed by atoms with van der Waals surface area (Å²) >= 11 is 0. The van der Waals surface area contributed by atoms with Crippen LogP contribution in [0.25, 0.3) is 0 Å². The Hall–Kier alpha value is -2.04. The Bertz CT molecular complexity index is 728. The molecule has 1 aliphatic heterocycles. The molecule has 7 nitrogen and oxygen atoms in total. The Labute approximate surface area is 149 Å². The number of methoxy groups -OCH3 is 1. The first kappa shape index (κ1) is 22.0. The summed E-state index contributed by atoms with van der Waals surface area (Å²) in [6.07, 6.45) is 1.01. The van der Waals surface area contributed by atoms with Crippen molar-refractivity contribution >= 4 is 22.0 Å². The van der Waals surface area contributed by atoms with Crippen molar-refractivity contribution in [3.8, 4) is 0 Å². The first-order valence-corrected chi connectivity index (χ1v) is 8.87. The molecule has 1 rings (SSSR count). The number of halogens is 3. The fraction of sp³-hybridized carbons (Fsp3) is 0.600. The highest BCUT2D eigenvalue weighted by molar-refractivity contribution is 7.87. The Balaban J connectivity index is 3.46. The molecule has 0 aliphatic carbocycles. The molecule has 148 valence electrons. The minimum atomic E-state index is -5.99. The highest BCUT2D eigenvalue weighted by atomic mass is 32.2. The molecule has 0 aromatic rings. The molecule has 0 N–H and O–H groups in total. The van der Waals surface area contributed by atoms with Gasteiger partial charge >= 0.3 is 21.6 Å². The van der Waals surface area contributed by atoms with Crippen LogP contribution in [-0.4, -0.2) is 50.9 Å². The van der Waals surface area contributed by atoms with E-state index in [1.165, 1.54) is 11.8 Å². The van der Waals surface area contributed by atoms with E-state index >= 15 is 0 Å². The molecular weight excluding hydrogens is 379 g/mol. The third-order valence-corrected chi connectivity index (χ3v) is 4.88. The van der Waals surface area contributed by atoms with Gasteiger partial charge in [0.2, 0.25) is 5.91 Å². The number of carbonyl (C=O) groups excluding carboxylic acids is 2. The minimum absolute atomic E-state index is 0.141. The smallest absolute Gasteiger partial charge is 0.468 e. The largest absolute Gasteiger partial charge is 0.534 e. The highest BCUT2D eigenvalue weighted by Gasteiger charge is 2.54. The van der Waals surface area contributed by atoms with E-state index in [1.54, 1.807) is 6.92 Å². The lowest BCUT2D eigenvalue weighted by atomic mass is 9.77. The zero-order chi connectivity index (χ0) is 20.3. The zero-order valence-corrected chi connectivity index (χ0v) is 15.4. The number of amides is 1. The number of alkyl halides is 3. The lowest BCUT2D eigenvalue weighted by molar-refractivity contribution is -0.155. The van der Waals surface area contributed by atoms with E-state index in [2.05, 4.69) is 15.5 Å². The van der Waals surface area contributed by atoms with Crippen molar-refractivity contribution in [2.24, 2.45) is 5.41 Å². The minimum Gasteiger partial charge on any atom is -0.468 e. The second kappa shape index (κ2) is 7.68. The molecule has 0 bridgehead atoms. The summed E-state index contributed by atoms with van der Waals surface area (Å²) in [5.74, 6) is -2.16. The van der Waals surface area contributed by atoms with Crippen molar-refractivity contribution in [2.75, 3.05) is 20.2 Å². The van der Waals surface area contributed by atoms with Gasteiger partial charge in [0.05, 0.1) is 7.11 Å². The quantitative estimate of drug-likeness (QED) is 0.294. The van der Waals surface area contributed by atoms with E-state index in [9.17, 15) is 31.2 Å². The first-order valence-electron chi connectivity index (χ1n) is 7.46. The Morgan fingerprint density at radius 2 is 1.92 bits per heavy atom. The van der Waals surface area contributed by atoms with Crippen LogP contribution in [0.15, 0.2) is 24.0 Å². The maximum Gasteiger partial charge on any atom is 0.534 e. The summed E-state index contributed by atoms with van der Waals surface area (Å²) in [4.78, 5) is 25.3. The SMILES string of the molecule is C=C(C)CCC1(C(=O)OC)CN(C(C)=O)CC=C1OS(=O)(=O)C(F)(F)F. The number of allylic oxidation sites excluding steroid dienone is 1. The third kappa shape index (κ3) is 4.57. The van der Waals surface area contributed by atoms with E-state index in [4.69, 9.17) is 0 Å². The van der Waals surface area contributed by atoms with Gasteiger partial charge in [-0.1, -0.05) is 5.57 Å². The number of hydrogen-bond donors (Lipinski definition) is 0. The van der Waals surface area contributed by atoms with Gasteiger partial charge in [-0.15, -0.1) is 6.58 Å². The molecular formula is C15H20F3NO6S. The number of nitrogens with zero attached hydrogens (tertiary/aromatic N) is 1. The van der Waals surface area contributed by atoms with Crippen molar-refractivity contribution in [3.05, 3.63) is 24.0 Å². The molecule has 1 amide bonds. The number of rotatable bonds is 6. The molecule has 1 heterocycles. The second-order valence-corrected chi connectivity index (χ2v) is 7.52. The van der Waals surface area contributed by atoms with Gasteiger partial charge in [0.15, 0.2) is 0 Å². The van der Waals surface area contributed by atoms with Crippen molar-refractivity contribution in [3.63, 3.8) is 0 Å². The Morgan fingerprint density at radius 3 is 2.35 bits per heavy atom. The lowest BCUT2D eigenvalue weighted by Crippen LogP contribution is -2.51. The van der Waals surface area contributed by atoms with Crippen LogP contribution < -0.4 is 0 Å². The van der Waals surface area contributed by atoms with Crippen LogP contribution in [-0.2, 0) is 28.6 Å². The van der Waals surface area contributed by atoms with Crippen molar-refractivity contribution in [1.82, 2.24) is 4.90 Å². The molecule has 1 atom stereocenters. The third-order valence-electron chi connectivity index (χ3n) is 3.91. The summed E-state index contributed by atoms with van der Waals surface area (Å²) in [5, 5.41) is 0. The number of esters is 1. The predicted molar refractivity (Wildman–Crippen MR) is 84.9 cm³/mol. The van der Waals surface area contributed by atoms with Crippen LogP contribution in [0.1, 0.15) is 26.7 Å². The monoisotopic (exact) mass is 399 g/mol. The van der Waals surface area contributed by atoms with Gasteiger partial charge in [0.25, 0.3) is 0 Å². The molecule has 0 spiro atoms. The van der Waals surface area contributed by atoms with E-state index < -0.39 is 38.7 Å². The average molecular weight is 399 g/mol. The fourth-order valence-corrected chi connectivity index (χ4v) is 3.03. The van der Waals surface area contributed by atoms with Gasteiger partial charge in [0.1, 0.15) is 11.2 Å². The van der Waals surface area contributed by atoms with Crippen LogP contribution in [0, 0.1) is 5.41 Å². The molecule has 1 unspecified atom stereocenters. The van der Waals surface area contributed by atoms with E-state index in [0.717, 1.165) is 13.2 Å². The number of carbonyl (C=O) groups is 2. The van der Waals surface area contributed by atoms with Gasteiger partial charge < -0.3 is 13.8 Å². The van der Waals surface area contributed by atoms with Crippen molar-refractivity contribution in [2.45, 2.75) is 32.2 Å². The van der Waals surface area contributed by atoms with Gasteiger partial charge in [-0.2, -0.15) is 21.6 Å². The van der Waals surface area contributed by atoms with Crippen LogP contribution in [0.3, 0.4) is 0 Å². The highest BCUT2D eigenvalue weighted by Crippen LogP contribution is 2.42. The molecule has 1 aliphatic rings. The predicted octanol–water partition coefficient (Wildman–Crippen LogP) is 2.11. The summed E-state index contributed by atoms with van der Waals surface area (Å²) in [6.45, 7) is 5.93. The van der Waals surface area contributed by atoms with Crippen LogP contribution in [0.5, 0.6) is 0 Å². The Morgan fingerprint density at radius 1 is 1.35 bits per heavy atom. The topological polar surface area (TPSA) is 90.0 Å². The van der Waals surface area contributed by atoms with Crippen LogP contribution in [0.4, 0.5) is 13.2 Å². The van der Waals surface area contributed by atoms with Gasteiger partial charge in [0, 0.05) is 20.0 Å². The van der Waals surface area contributed by atoms with Crippen LogP contribution in [0.2, 0.25) is 0 Å². The fourth-order valence-electron chi connectivity index (χ4n) is 2.47. The van der Waals surface area contributed by atoms with Crippen LogP contribution >= 0.6 is 0 Å². The summed E-state index contributed by atoms with van der Waals surface area (Å²) in [5.41, 5.74) is -6.95. The molecule has 26 heavy (non-hydrogen) atoms. The molecule has 0 radical (unpaired) electrons. The van der Waals surface area contributed by atoms with Gasteiger partial charge in [-0.25, -0.2) is 0 Å². The maximum atomic E-state index is 12.7.